The molecule has 0 spiro atoms. The van der Waals surface area contributed by atoms with Crippen LogP contribution in [0.2, 0.25) is 0 Å². The second-order valence-electron chi connectivity index (χ2n) is 4.57. The Bertz CT molecular complexity index is 688. The number of benzene rings is 2. The summed E-state index contributed by atoms with van der Waals surface area (Å²) in [5.41, 5.74) is 4.34. The monoisotopic (exact) mass is 252 g/mol. The van der Waals surface area contributed by atoms with Crippen molar-refractivity contribution in [3.05, 3.63) is 65.9 Å². The number of para-hydroxylation sites is 1. The molecule has 0 bridgehead atoms. The van der Waals surface area contributed by atoms with Crippen LogP contribution in [0.4, 0.5) is 5.69 Å². The van der Waals surface area contributed by atoms with Gasteiger partial charge < -0.3 is 15.4 Å². The predicted octanol–water partition coefficient (Wildman–Crippen LogP) is 3.27. The van der Waals surface area contributed by atoms with Crippen LogP contribution in [-0.4, -0.2) is 10.1 Å². The maximum absolute atomic E-state index is 9.12. The summed E-state index contributed by atoms with van der Waals surface area (Å²) >= 11 is 0. The molecule has 0 atom stereocenters. The molecule has 19 heavy (non-hydrogen) atoms. The van der Waals surface area contributed by atoms with E-state index in [4.69, 9.17) is 5.11 Å². The van der Waals surface area contributed by atoms with Gasteiger partial charge in [-0.25, -0.2) is 0 Å². The number of H-pyrrole nitrogens is 1. The van der Waals surface area contributed by atoms with Gasteiger partial charge in [0.05, 0.1) is 6.61 Å². The summed E-state index contributed by atoms with van der Waals surface area (Å²) < 4.78 is 0. The standard InChI is InChI=1S/C16H16N2O/c19-11-12-4-3-5-14(8-12)17-9-13-10-18-16-7-2-1-6-15(13)16/h1-8,10,17-19H,9,11H2. The molecule has 1 aromatic heterocycles. The molecule has 0 amide bonds. The first-order valence-corrected chi connectivity index (χ1v) is 6.35. The molecule has 96 valence electrons. The SMILES string of the molecule is OCc1cccc(NCc2c[nH]c3ccccc23)c1. The molecule has 0 aliphatic carbocycles. The molecule has 0 aliphatic rings. The number of aliphatic hydroxyl groups is 1. The van der Waals surface area contributed by atoms with Crippen LogP contribution in [0.1, 0.15) is 11.1 Å². The van der Waals surface area contributed by atoms with Crippen molar-refractivity contribution in [1.29, 1.82) is 0 Å². The lowest BCUT2D eigenvalue weighted by atomic mass is 10.1. The molecule has 0 saturated heterocycles. The van der Waals surface area contributed by atoms with Crippen molar-refractivity contribution >= 4 is 16.6 Å². The minimum absolute atomic E-state index is 0.0720. The number of anilines is 1. The fourth-order valence-corrected chi connectivity index (χ4v) is 2.25. The van der Waals surface area contributed by atoms with Crippen LogP contribution in [0.15, 0.2) is 54.7 Å². The van der Waals surface area contributed by atoms with Gasteiger partial charge in [-0.1, -0.05) is 30.3 Å². The Hall–Kier alpha value is -2.26. The van der Waals surface area contributed by atoms with Crippen molar-refractivity contribution in [2.45, 2.75) is 13.2 Å². The van der Waals surface area contributed by atoms with Crippen LogP contribution in [-0.2, 0) is 13.2 Å². The first-order chi connectivity index (χ1) is 9.36. The molecule has 0 aliphatic heterocycles. The molecule has 3 rings (SSSR count). The maximum Gasteiger partial charge on any atom is 0.0682 e. The lowest BCUT2D eigenvalue weighted by molar-refractivity contribution is 0.282. The third kappa shape index (κ3) is 2.46. The molecule has 0 unspecified atom stereocenters. The van der Waals surface area contributed by atoms with Crippen LogP contribution in [0.3, 0.4) is 0 Å². The molecule has 3 heteroatoms. The number of hydrogen-bond acceptors (Lipinski definition) is 2. The molecular weight excluding hydrogens is 236 g/mol. The van der Waals surface area contributed by atoms with E-state index in [0.29, 0.717) is 0 Å². The minimum atomic E-state index is 0.0720. The van der Waals surface area contributed by atoms with E-state index < -0.39 is 0 Å². The normalized spacial score (nSPS) is 10.8. The summed E-state index contributed by atoms with van der Waals surface area (Å²) in [6.45, 7) is 0.835. The highest BCUT2D eigenvalue weighted by Gasteiger charge is 2.02. The van der Waals surface area contributed by atoms with E-state index in [9.17, 15) is 0 Å². The van der Waals surface area contributed by atoms with Crippen molar-refractivity contribution in [3.63, 3.8) is 0 Å². The van der Waals surface area contributed by atoms with Crippen LogP contribution in [0.5, 0.6) is 0 Å². The predicted molar refractivity (Wildman–Crippen MR) is 78.0 cm³/mol. The first kappa shape index (κ1) is 11.8. The highest BCUT2D eigenvalue weighted by Crippen LogP contribution is 2.19. The van der Waals surface area contributed by atoms with Gasteiger partial charge in [-0.05, 0) is 29.3 Å². The smallest absolute Gasteiger partial charge is 0.0682 e. The Morgan fingerprint density at radius 3 is 2.84 bits per heavy atom. The fourth-order valence-electron chi connectivity index (χ4n) is 2.25. The minimum Gasteiger partial charge on any atom is -0.392 e. The number of nitrogens with one attached hydrogen (secondary N) is 2. The maximum atomic E-state index is 9.12. The Kier molecular flexibility index (Phi) is 3.21. The number of fused-ring (bicyclic) bond motifs is 1. The summed E-state index contributed by atoms with van der Waals surface area (Å²) in [6.07, 6.45) is 2.04. The van der Waals surface area contributed by atoms with Crippen molar-refractivity contribution in [1.82, 2.24) is 4.98 Å². The summed E-state index contributed by atoms with van der Waals surface area (Å²) in [5, 5.41) is 13.7. The van der Waals surface area contributed by atoms with Crippen LogP contribution in [0.25, 0.3) is 10.9 Å². The molecule has 3 nitrogen and oxygen atoms in total. The number of aromatic amines is 1. The Morgan fingerprint density at radius 2 is 1.95 bits per heavy atom. The van der Waals surface area contributed by atoms with E-state index in [1.165, 1.54) is 10.9 Å². The molecule has 2 aromatic carbocycles. The van der Waals surface area contributed by atoms with Gasteiger partial charge in [-0.15, -0.1) is 0 Å². The molecule has 0 radical (unpaired) electrons. The average molecular weight is 252 g/mol. The van der Waals surface area contributed by atoms with Gasteiger partial charge in [0.2, 0.25) is 0 Å². The van der Waals surface area contributed by atoms with Gasteiger partial charge in [0.25, 0.3) is 0 Å². The third-order valence-electron chi connectivity index (χ3n) is 3.27. The van der Waals surface area contributed by atoms with Crippen molar-refractivity contribution in [2.24, 2.45) is 0 Å². The summed E-state index contributed by atoms with van der Waals surface area (Å²) in [5.74, 6) is 0. The lowest BCUT2D eigenvalue weighted by Gasteiger charge is -2.07. The van der Waals surface area contributed by atoms with Gasteiger partial charge in [0, 0.05) is 29.3 Å². The number of aromatic nitrogens is 1. The lowest BCUT2D eigenvalue weighted by Crippen LogP contribution is -1.99. The van der Waals surface area contributed by atoms with E-state index in [0.717, 1.165) is 23.3 Å². The Morgan fingerprint density at radius 1 is 1.05 bits per heavy atom. The largest absolute Gasteiger partial charge is 0.392 e. The topological polar surface area (TPSA) is 48.0 Å². The van der Waals surface area contributed by atoms with E-state index in [-0.39, 0.29) is 6.61 Å². The van der Waals surface area contributed by atoms with Crippen LogP contribution >= 0.6 is 0 Å². The van der Waals surface area contributed by atoms with Gasteiger partial charge in [-0.3, -0.25) is 0 Å². The van der Waals surface area contributed by atoms with Gasteiger partial charge >= 0.3 is 0 Å². The van der Waals surface area contributed by atoms with Crippen molar-refractivity contribution < 1.29 is 5.11 Å². The highest BCUT2D eigenvalue weighted by molar-refractivity contribution is 5.83. The van der Waals surface area contributed by atoms with Crippen LogP contribution in [0, 0.1) is 0 Å². The van der Waals surface area contributed by atoms with E-state index in [2.05, 4.69) is 22.4 Å². The van der Waals surface area contributed by atoms with E-state index in [1.807, 2.05) is 42.6 Å². The molecule has 3 aromatic rings. The van der Waals surface area contributed by atoms with Gasteiger partial charge in [0.1, 0.15) is 0 Å². The molecule has 0 saturated carbocycles. The van der Waals surface area contributed by atoms with Crippen molar-refractivity contribution in [2.75, 3.05) is 5.32 Å². The Balaban J connectivity index is 1.78. The second-order valence-corrected chi connectivity index (χ2v) is 4.57. The molecule has 0 fully saturated rings. The third-order valence-corrected chi connectivity index (χ3v) is 3.27. The number of hydrogen-bond donors (Lipinski definition) is 3. The van der Waals surface area contributed by atoms with Gasteiger partial charge in [0.15, 0.2) is 0 Å². The van der Waals surface area contributed by atoms with E-state index in [1.54, 1.807) is 0 Å². The van der Waals surface area contributed by atoms with Crippen LogP contribution < -0.4 is 5.32 Å². The average Bonchev–Trinajstić information content (AvgIpc) is 2.89. The summed E-state index contributed by atoms with van der Waals surface area (Å²) in [7, 11) is 0. The zero-order valence-electron chi connectivity index (χ0n) is 10.6. The molecule has 1 heterocycles. The summed E-state index contributed by atoms with van der Waals surface area (Å²) in [4.78, 5) is 3.27. The van der Waals surface area contributed by atoms with E-state index >= 15 is 0 Å². The molecular formula is C16H16N2O. The summed E-state index contributed by atoms with van der Waals surface area (Å²) in [6, 6.07) is 16.1. The number of aliphatic hydroxyl groups excluding tert-OH is 1. The highest BCUT2D eigenvalue weighted by atomic mass is 16.3. The second kappa shape index (κ2) is 5.16. The van der Waals surface area contributed by atoms with Gasteiger partial charge in [-0.2, -0.15) is 0 Å². The Labute approximate surface area is 111 Å². The first-order valence-electron chi connectivity index (χ1n) is 6.35. The quantitative estimate of drug-likeness (QED) is 0.667. The number of rotatable bonds is 4. The zero-order valence-corrected chi connectivity index (χ0v) is 10.6. The molecule has 3 N–H and O–H groups in total. The van der Waals surface area contributed by atoms with Crippen molar-refractivity contribution in [3.8, 4) is 0 Å². The fraction of sp³-hybridized carbons (Fsp3) is 0.125. The zero-order chi connectivity index (χ0) is 13.1.